The van der Waals surface area contributed by atoms with Crippen LogP contribution in [0.25, 0.3) is 5.69 Å². The molecule has 3 heterocycles. The summed E-state index contributed by atoms with van der Waals surface area (Å²) in [5.41, 5.74) is 1.48. The Bertz CT molecular complexity index is 1240. The Kier molecular flexibility index (Phi) is 4.90. The molecule has 2 aliphatic rings. The van der Waals surface area contributed by atoms with E-state index in [9.17, 15) is 14.4 Å². The first-order chi connectivity index (χ1) is 15.9. The van der Waals surface area contributed by atoms with Crippen LogP contribution in [0.15, 0.2) is 66.9 Å². The van der Waals surface area contributed by atoms with Gasteiger partial charge in [0.1, 0.15) is 5.54 Å². The topological polar surface area (TPSA) is 93.5 Å². The largest absolute Gasteiger partial charge is 0.468 e. The van der Waals surface area contributed by atoms with E-state index in [1.807, 2.05) is 49.5 Å². The molecule has 0 radical (unpaired) electrons. The van der Waals surface area contributed by atoms with Gasteiger partial charge in [0.15, 0.2) is 0 Å². The van der Waals surface area contributed by atoms with Crippen molar-refractivity contribution in [3.05, 3.63) is 78.1 Å². The lowest BCUT2D eigenvalue weighted by Gasteiger charge is -2.28. The van der Waals surface area contributed by atoms with Gasteiger partial charge in [-0.3, -0.25) is 19.7 Å². The lowest BCUT2D eigenvalue weighted by molar-refractivity contribution is -0.151. The fourth-order valence-corrected chi connectivity index (χ4v) is 5.13. The molecule has 8 heteroatoms. The Morgan fingerprint density at radius 2 is 1.61 bits per heavy atom. The smallest absolute Gasteiger partial charge is 0.326 e. The van der Waals surface area contributed by atoms with E-state index < -0.39 is 35.3 Å². The third-order valence-electron chi connectivity index (χ3n) is 6.70. The van der Waals surface area contributed by atoms with E-state index in [0.717, 1.165) is 11.3 Å². The normalized spacial score (nSPS) is 26.5. The zero-order valence-electron chi connectivity index (χ0n) is 18.6. The van der Waals surface area contributed by atoms with E-state index in [0.29, 0.717) is 11.4 Å². The van der Waals surface area contributed by atoms with Gasteiger partial charge < -0.3 is 4.74 Å². The molecule has 2 fully saturated rings. The van der Waals surface area contributed by atoms with Crippen LogP contribution in [0.5, 0.6) is 0 Å². The third kappa shape index (κ3) is 3.09. The number of nitrogens with zero attached hydrogens (tertiary/aromatic N) is 3. The molecule has 8 nitrogen and oxygen atoms in total. The molecular weight excluding hydrogens is 420 g/mol. The highest BCUT2D eigenvalue weighted by Gasteiger charge is 2.67. The second kappa shape index (κ2) is 7.67. The van der Waals surface area contributed by atoms with Crippen LogP contribution in [0.3, 0.4) is 0 Å². The minimum absolute atomic E-state index is 0.340. The summed E-state index contributed by atoms with van der Waals surface area (Å²) < 4.78 is 6.80. The van der Waals surface area contributed by atoms with Gasteiger partial charge in [-0.15, -0.1) is 0 Å². The molecule has 2 aromatic carbocycles. The first kappa shape index (κ1) is 21.1. The molecule has 0 bridgehead atoms. The Morgan fingerprint density at radius 1 is 1.00 bits per heavy atom. The van der Waals surface area contributed by atoms with Crippen molar-refractivity contribution in [3.63, 3.8) is 0 Å². The number of aromatic nitrogens is 2. The van der Waals surface area contributed by atoms with Crippen molar-refractivity contribution in [2.45, 2.75) is 25.4 Å². The van der Waals surface area contributed by atoms with Crippen molar-refractivity contribution < 1.29 is 19.1 Å². The molecule has 2 aliphatic heterocycles. The molecule has 1 aromatic heterocycles. The quantitative estimate of drug-likeness (QED) is 0.491. The maximum Gasteiger partial charge on any atom is 0.326 e. The van der Waals surface area contributed by atoms with Crippen LogP contribution < -0.4 is 10.2 Å². The molecule has 4 atom stereocenters. The molecule has 2 saturated heterocycles. The van der Waals surface area contributed by atoms with Crippen LogP contribution >= 0.6 is 0 Å². The number of amides is 2. The SMILES string of the molecule is COC(=O)[C@]1(C)N[C@H](c2cn(-c3ccccc3)nc2C)[C@@H]2C(=O)N(c3ccccc3)C(=O)[C@@H]21. The first-order valence-electron chi connectivity index (χ1n) is 10.8. The number of carbonyl (C=O) groups is 3. The van der Waals surface area contributed by atoms with Gasteiger partial charge in [0.05, 0.1) is 36.0 Å². The number of hydrogen-bond acceptors (Lipinski definition) is 6. The molecule has 0 aliphatic carbocycles. The second-order valence-corrected chi connectivity index (χ2v) is 8.62. The van der Waals surface area contributed by atoms with Crippen molar-refractivity contribution in [1.82, 2.24) is 15.1 Å². The highest BCUT2D eigenvalue weighted by Crippen LogP contribution is 2.50. The number of carbonyl (C=O) groups excluding carboxylic acids is 3. The van der Waals surface area contributed by atoms with Gasteiger partial charge in [-0.05, 0) is 38.1 Å². The number of fused-ring (bicyclic) bond motifs is 1. The van der Waals surface area contributed by atoms with E-state index in [4.69, 9.17) is 4.74 Å². The average Bonchev–Trinajstić information content (AvgIpc) is 3.46. The molecule has 5 rings (SSSR count). The van der Waals surface area contributed by atoms with Gasteiger partial charge in [-0.25, -0.2) is 9.58 Å². The molecule has 0 unspecified atom stereocenters. The fourth-order valence-electron chi connectivity index (χ4n) is 5.13. The van der Waals surface area contributed by atoms with Gasteiger partial charge in [0, 0.05) is 17.8 Å². The number of rotatable bonds is 4. The number of esters is 1. The zero-order valence-corrected chi connectivity index (χ0v) is 18.6. The summed E-state index contributed by atoms with van der Waals surface area (Å²) in [7, 11) is 1.28. The van der Waals surface area contributed by atoms with Crippen LogP contribution in [0.1, 0.15) is 24.2 Å². The predicted octanol–water partition coefficient (Wildman–Crippen LogP) is 2.56. The Hall–Kier alpha value is -3.78. The zero-order chi connectivity index (χ0) is 23.3. The van der Waals surface area contributed by atoms with E-state index in [1.54, 1.807) is 35.9 Å². The summed E-state index contributed by atoms with van der Waals surface area (Å²) in [6.45, 7) is 3.49. The van der Waals surface area contributed by atoms with Gasteiger partial charge in [0.25, 0.3) is 0 Å². The van der Waals surface area contributed by atoms with Crippen molar-refractivity contribution in [1.29, 1.82) is 0 Å². The number of methoxy groups -OCH3 is 1. The second-order valence-electron chi connectivity index (χ2n) is 8.62. The Morgan fingerprint density at radius 3 is 2.21 bits per heavy atom. The van der Waals surface area contributed by atoms with Crippen molar-refractivity contribution in [3.8, 4) is 5.69 Å². The molecule has 33 heavy (non-hydrogen) atoms. The lowest BCUT2D eigenvalue weighted by Crippen LogP contribution is -2.54. The Balaban J connectivity index is 1.61. The molecule has 1 N–H and O–H groups in total. The maximum atomic E-state index is 13.7. The van der Waals surface area contributed by atoms with E-state index >= 15 is 0 Å². The monoisotopic (exact) mass is 444 g/mol. The number of imide groups is 1. The molecule has 3 aromatic rings. The number of anilines is 1. The van der Waals surface area contributed by atoms with E-state index in [2.05, 4.69) is 10.4 Å². The van der Waals surface area contributed by atoms with Gasteiger partial charge in [0.2, 0.25) is 11.8 Å². The van der Waals surface area contributed by atoms with E-state index in [1.165, 1.54) is 12.0 Å². The highest BCUT2D eigenvalue weighted by atomic mass is 16.5. The summed E-state index contributed by atoms with van der Waals surface area (Å²) in [5, 5.41) is 7.90. The summed E-state index contributed by atoms with van der Waals surface area (Å²) in [6.07, 6.45) is 1.85. The average molecular weight is 444 g/mol. The van der Waals surface area contributed by atoms with Crippen molar-refractivity contribution in [2.24, 2.45) is 11.8 Å². The summed E-state index contributed by atoms with van der Waals surface area (Å²) >= 11 is 0. The standard InChI is InChI=1S/C25H24N4O4/c1-15-18(14-28(27-15)16-10-6-4-7-11-16)21-19-20(25(2,26-21)24(32)33-3)23(31)29(22(19)30)17-12-8-5-9-13-17/h4-14,19-21,26H,1-3H3/t19-,20-,21-,25-/m1/s1. The lowest BCUT2D eigenvalue weighted by atomic mass is 9.80. The summed E-state index contributed by atoms with van der Waals surface area (Å²) in [5.74, 6) is -3.00. The van der Waals surface area contributed by atoms with Gasteiger partial charge in [-0.2, -0.15) is 5.10 Å². The van der Waals surface area contributed by atoms with Crippen LogP contribution in [0, 0.1) is 18.8 Å². The van der Waals surface area contributed by atoms with Crippen LogP contribution in [-0.2, 0) is 19.1 Å². The summed E-state index contributed by atoms with van der Waals surface area (Å²) in [6, 6.07) is 17.8. The number of hydrogen-bond donors (Lipinski definition) is 1. The fraction of sp³-hybridized carbons (Fsp3) is 0.280. The molecule has 168 valence electrons. The minimum Gasteiger partial charge on any atom is -0.468 e. The maximum absolute atomic E-state index is 13.7. The van der Waals surface area contributed by atoms with Crippen molar-refractivity contribution >= 4 is 23.5 Å². The predicted molar refractivity (Wildman–Crippen MR) is 121 cm³/mol. The van der Waals surface area contributed by atoms with Gasteiger partial charge in [-0.1, -0.05) is 36.4 Å². The first-order valence-corrected chi connectivity index (χ1v) is 10.8. The number of aryl methyl sites for hydroxylation is 1. The van der Waals surface area contributed by atoms with Crippen molar-refractivity contribution in [2.75, 3.05) is 12.0 Å². The minimum atomic E-state index is -1.36. The molecule has 0 spiro atoms. The van der Waals surface area contributed by atoms with Gasteiger partial charge >= 0.3 is 5.97 Å². The Labute approximate surface area is 191 Å². The molecule has 2 amide bonds. The number of para-hydroxylation sites is 2. The van der Waals surface area contributed by atoms with E-state index in [-0.39, 0.29) is 5.91 Å². The number of benzene rings is 2. The summed E-state index contributed by atoms with van der Waals surface area (Å²) in [4.78, 5) is 41.3. The van der Waals surface area contributed by atoms with Crippen LogP contribution in [-0.4, -0.2) is 40.2 Å². The van der Waals surface area contributed by atoms with Crippen LogP contribution in [0.4, 0.5) is 5.69 Å². The third-order valence-corrected chi connectivity index (χ3v) is 6.70. The number of ether oxygens (including phenoxy) is 1. The van der Waals surface area contributed by atoms with Crippen LogP contribution in [0.2, 0.25) is 0 Å². The highest BCUT2D eigenvalue weighted by molar-refractivity contribution is 6.24. The number of nitrogens with one attached hydrogen (secondary N) is 1. The molecular formula is C25H24N4O4. The molecule has 0 saturated carbocycles.